The third-order valence-electron chi connectivity index (χ3n) is 1.11. The van der Waals surface area contributed by atoms with Crippen LogP contribution in [0.15, 0.2) is 5.16 Å². The van der Waals surface area contributed by atoms with Gasteiger partial charge in [-0.3, -0.25) is 0 Å². The molecule has 0 heterocycles. The highest BCUT2D eigenvalue weighted by atomic mass is 16.6. The van der Waals surface area contributed by atoms with Crippen LogP contribution in [-0.2, 0) is 4.84 Å². The first kappa shape index (κ1) is 9.43. The fourth-order valence-corrected chi connectivity index (χ4v) is 0.310. The van der Waals surface area contributed by atoms with Crippen molar-refractivity contribution in [1.82, 2.24) is 0 Å². The van der Waals surface area contributed by atoms with E-state index in [9.17, 15) is 0 Å². The molecule has 2 unspecified atom stereocenters. The van der Waals surface area contributed by atoms with Crippen LogP contribution in [0.4, 0.5) is 0 Å². The van der Waals surface area contributed by atoms with Gasteiger partial charge in [0.1, 0.15) is 6.10 Å². The van der Waals surface area contributed by atoms with Gasteiger partial charge in [0.2, 0.25) is 0 Å². The van der Waals surface area contributed by atoms with Crippen LogP contribution in [0.25, 0.3) is 0 Å². The van der Waals surface area contributed by atoms with Gasteiger partial charge in [0.05, 0.1) is 6.21 Å². The number of oxime groups is 1. The Kier molecular flexibility index (Phi) is 4.94. The first-order valence-corrected chi connectivity index (χ1v) is 3.61. The minimum absolute atomic E-state index is 0.0240. The van der Waals surface area contributed by atoms with E-state index >= 15 is 0 Å². The van der Waals surface area contributed by atoms with Gasteiger partial charge in [-0.2, -0.15) is 0 Å². The van der Waals surface area contributed by atoms with Crippen LogP contribution in [0.2, 0.25) is 0 Å². The second-order valence-corrected chi connectivity index (χ2v) is 2.44. The van der Waals surface area contributed by atoms with E-state index in [2.05, 4.69) is 5.16 Å². The zero-order chi connectivity index (χ0) is 7.98. The molecular formula is C7H16N2O. The third-order valence-corrected chi connectivity index (χ3v) is 1.11. The Morgan fingerprint density at radius 2 is 2.20 bits per heavy atom. The highest BCUT2D eigenvalue weighted by Crippen LogP contribution is 1.94. The SMILES string of the molecule is CCC(C)O/N=C/C(C)N. The van der Waals surface area contributed by atoms with Crippen LogP contribution in [0.3, 0.4) is 0 Å². The Bertz CT molecular complexity index is 102. The van der Waals surface area contributed by atoms with Gasteiger partial charge in [0.15, 0.2) is 0 Å². The van der Waals surface area contributed by atoms with Crippen LogP contribution >= 0.6 is 0 Å². The molecule has 0 spiro atoms. The summed E-state index contributed by atoms with van der Waals surface area (Å²) in [4.78, 5) is 4.99. The Morgan fingerprint density at radius 1 is 1.60 bits per heavy atom. The summed E-state index contributed by atoms with van der Waals surface area (Å²) in [6.45, 7) is 5.87. The van der Waals surface area contributed by atoms with E-state index in [1.54, 1.807) is 6.21 Å². The quantitative estimate of drug-likeness (QED) is 0.475. The van der Waals surface area contributed by atoms with Crippen LogP contribution in [0.1, 0.15) is 27.2 Å². The molecule has 0 aromatic rings. The average molecular weight is 144 g/mol. The second-order valence-electron chi connectivity index (χ2n) is 2.44. The minimum Gasteiger partial charge on any atom is -0.393 e. The summed E-state index contributed by atoms with van der Waals surface area (Å²) in [7, 11) is 0. The highest BCUT2D eigenvalue weighted by Gasteiger charge is 1.94. The number of nitrogens with zero attached hydrogens (tertiary/aromatic N) is 1. The van der Waals surface area contributed by atoms with Gasteiger partial charge in [0.25, 0.3) is 0 Å². The monoisotopic (exact) mass is 144 g/mol. The van der Waals surface area contributed by atoms with Gasteiger partial charge in [-0.25, -0.2) is 0 Å². The lowest BCUT2D eigenvalue weighted by atomic mass is 10.3. The molecule has 2 N–H and O–H groups in total. The molecule has 0 saturated heterocycles. The summed E-state index contributed by atoms with van der Waals surface area (Å²) < 4.78 is 0. The van der Waals surface area contributed by atoms with Gasteiger partial charge in [-0.1, -0.05) is 12.1 Å². The Hall–Kier alpha value is -0.570. The van der Waals surface area contributed by atoms with Gasteiger partial charge in [0, 0.05) is 6.04 Å². The highest BCUT2D eigenvalue weighted by molar-refractivity contribution is 5.62. The van der Waals surface area contributed by atoms with Gasteiger partial charge in [-0.05, 0) is 20.3 Å². The van der Waals surface area contributed by atoms with E-state index in [1.165, 1.54) is 0 Å². The fourth-order valence-electron chi connectivity index (χ4n) is 0.310. The lowest BCUT2D eigenvalue weighted by Gasteiger charge is -2.04. The van der Waals surface area contributed by atoms with E-state index in [1.807, 2.05) is 20.8 Å². The molecule has 0 aromatic carbocycles. The van der Waals surface area contributed by atoms with Gasteiger partial charge < -0.3 is 10.6 Å². The Labute approximate surface area is 62.2 Å². The van der Waals surface area contributed by atoms with Gasteiger partial charge in [-0.15, -0.1) is 0 Å². The predicted octanol–water partition coefficient (Wildman–Crippen LogP) is 1.13. The Balaban J connectivity index is 3.33. The number of hydrogen-bond acceptors (Lipinski definition) is 3. The van der Waals surface area contributed by atoms with Crippen molar-refractivity contribution in [2.45, 2.75) is 39.3 Å². The van der Waals surface area contributed by atoms with Crippen LogP contribution in [0, 0.1) is 0 Å². The van der Waals surface area contributed by atoms with Crippen LogP contribution in [0.5, 0.6) is 0 Å². The first-order chi connectivity index (χ1) is 4.66. The molecule has 0 aromatic heterocycles. The largest absolute Gasteiger partial charge is 0.393 e. The third kappa shape index (κ3) is 5.56. The minimum atomic E-state index is -0.0240. The second kappa shape index (κ2) is 5.23. The maximum absolute atomic E-state index is 5.39. The standard InChI is InChI=1S/C7H16N2O/c1-4-7(3)10-9-5-6(2)8/h5-7H,4,8H2,1-3H3/b9-5+. The zero-order valence-electron chi connectivity index (χ0n) is 6.87. The summed E-state index contributed by atoms with van der Waals surface area (Å²) in [5.74, 6) is 0. The van der Waals surface area contributed by atoms with Gasteiger partial charge >= 0.3 is 0 Å². The molecule has 2 atom stereocenters. The molecule has 3 heteroatoms. The summed E-state index contributed by atoms with van der Waals surface area (Å²) in [6, 6.07) is -0.0240. The van der Waals surface area contributed by atoms with Crippen molar-refractivity contribution < 1.29 is 4.84 Å². The number of rotatable bonds is 4. The summed E-state index contributed by atoms with van der Waals surface area (Å²) >= 11 is 0. The van der Waals surface area contributed by atoms with Crippen molar-refractivity contribution >= 4 is 6.21 Å². The molecule has 0 bridgehead atoms. The van der Waals surface area contributed by atoms with Crippen LogP contribution in [-0.4, -0.2) is 18.4 Å². The molecular weight excluding hydrogens is 128 g/mol. The van der Waals surface area contributed by atoms with Crippen LogP contribution < -0.4 is 5.73 Å². The number of hydrogen-bond donors (Lipinski definition) is 1. The molecule has 0 amide bonds. The smallest absolute Gasteiger partial charge is 0.124 e. The first-order valence-electron chi connectivity index (χ1n) is 3.61. The molecule has 10 heavy (non-hydrogen) atoms. The molecule has 0 rings (SSSR count). The fraction of sp³-hybridized carbons (Fsp3) is 0.857. The lowest BCUT2D eigenvalue weighted by molar-refractivity contribution is 0.0706. The van der Waals surface area contributed by atoms with Crippen molar-refractivity contribution in [1.29, 1.82) is 0 Å². The summed E-state index contributed by atoms with van der Waals surface area (Å²) in [5, 5.41) is 3.69. The summed E-state index contributed by atoms with van der Waals surface area (Å²) in [6.07, 6.45) is 2.75. The van der Waals surface area contributed by atoms with Crippen molar-refractivity contribution in [2.24, 2.45) is 10.9 Å². The number of nitrogens with two attached hydrogens (primary N) is 1. The predicted molar refractivity (Wildman–Crippen MR) is 43.0 cm³/mol. The van der Waals surface area contributed by atoms with Crippen molar-refractivity contribution in [2.75, 3.05) is 0 Å². The molecule has 0 aliphatic carbocycles. The van der Waals surface area contributed by atoms with E-state index in [0.717, 1.165) is 6.42 Å². The van der Waals surface area contributed by atoms with E-state index in [4.69, 9.17) is 10.6 Å². The van der Waals surface area contributed by atoms with Crippen molar-refractivity contribution in [3.8, 4) is 0 Å². The molecule has 0 aliphatic heterocycles. The molecule has 0 radical (unpaired) electrons. The van der Waals surface area contributed by atoms with Crippen molar-refractivity contribution in [3.63, 3.8) is 0 Å². The topological polar surface area (TPSA) is 47.6 Å². The molecule has 0 saturated carbocycles. The van der Waals surface area contributed by atoms with E-state index in [0.29, 0.717) is 0 Å². The Morgan fingerprint density at radius 3 is 2.60 bits per heavy atom. The van der Waals surface area contributed by atoms with E-state index in [-0.39, 0.29) is 12.1 Å². The maximum atomic E-state index is 5.39. The van der Waals surface area contributed by atoms with E-state index < -0.39 is 0 Å². The zero-order valence-corrected chi connectivity index (χ0v) is 6.87. The molecule has 60 valence electrons. The lowest BCUT2D eigenvalue weighted by Crippen LogP contribution is -2.16. The summed E-state index contributed by atoms with van der Waals surface area (Å²) in [5.41, 5.74) is 5.39. The molecule has 0 aliphatic rings. The molecule has 0 fully saturated rings. The van der Waals surface area contributed by atoms with Crippen molar-refractivity contribution in [3.05, 3.63) is 0 Å². The maximum Gasteiger partial charge on any atom is 0.124 e. The normalized spacial score (nSPS) is 17.2. The molecule has 3 nitrogen and oxygen atoms in total. The average Bonchev–Trinajstić information content (AvgIpc) is 1.87.